The lowest BCUT2D eigenvalue weighted by atomic mass is 9.91. The smallest absolute Gasteiger partial charge is 0.0154 e. The van der Waals surface area contributed by atoms with E-state index in [-0.39, 0.29) is 0 Å². The molecule has 3 aromatic carbocycles. The molecule has 0 N–H and O–H groups in total. The van der Waals surface area contributed by atoms with Crippen LogP contribution in [0.5, 0.6) is 0 Å². The fourth-order valence-electron chi connectivity index (χ4n) is 3.53. The Morgan fingerprint density at radius 2 is 1.26 bits per heavy atom. The lowest BCUT2D eigenvalue weighted by Crippen LogP contribution is -2.00. The summed E-state index contributed by atoms with van der Waals surface area (Å²) in [5.74, 6) is 0. The second kappa shape index (κ2) is 8.28. The SMILES string of the molecule is C=C/C=C\C=C1/Cc2ccccc2-c2ccccc2Cc2ccccc2S1. The van der Waals surface area contributed by atoms with Gasteiger partial charge in [-0.3, -0.25) is 0 Å². The zero-order valence-corrected chi connectivity index (χ0v) is 16.1. The molecule has 0 nitrogen and oxygen atoms in total. The summed E-state index contributed by atoms with van der Waals surface area (Å²) in [7, 11) is 0. The van der Waals surface area contributed by atoms with E-state index in [1.54, 1.807) is 0 Å². The molecule has 132 valence electrons. The van der Waals surface area contributed by atoms with Crippen LogP contribution in [0, 0.1) is 0 Å². The molecule has 0 bridgehead atoms. The first-order chi connectivity index (χ1) is 13.3. The quantitative estimate of drug-likeness (QED) is 0.431. The summed E-state index contributed by atoms with van der Waals surface area (Å²) in [6.45, 7) is 3.78. The predicted octanol–water partition coefficient (Wildman–Crippen LogP) is 7.22. The first kappa shape index (κ1) is 17.6. The van der Waals surface area contributed by atoms with Gasteiger partial charge in [0.05, 0.1) is 0 Å². The Balaban J connectivity index is 1.91. The molecule has 4 rings (SSSR count). The highest BCUT2D eigenvalue weighted by atomic mass is 32.2. The van der Waals surface area contributed by atoms with Gasteiger partial charge < -0.3 is 0 Å². The van der Waals surface area contributed by atoms with Crippen molar-refractivity contribution in [1.82, 2.24) is 0 Å². The van der Waals surface area contributed by atoms with Crippen molar-refractivity contribution in [3.8, 4) is 11.1 Å². The normalized spacial score (nSPS) is 15.0. The van der Waals surface area contributed by atoms with Gasteiger partial charge in [0.25, 0.3) is 0 Å². The van der Waals surface area contributed by atoms with Gasteiger partial charge in [-0.1, -0.05) is 109 Å². The van der Waals surface area contributed by atoms with Gasteiger partial charge in [0, 0.05) is 11.3 Å². The highest BCUT2D eigenvalue weighted by molar-refractivity contribution is 8.03. The van der Waals surface area contributed by atoms with E-state index >= 15 is 0 Å². The Kier molecular flexibility index (Phi) is 5.41. The van der Waals surface area contributed by atoms with Crippen LogP contribution in [0.15, 0.2) is 113 Å². The highest BCUT2D eigenvalue weighted by Crippen LogP contribution is 2.38. The monoisotopic (exact) mass is 366 g/mol. The fraction of sp³-hybridized carbons (Fsp3) is 0.0769. The van der Waals surface area contributed by atoms with E-state index in [9.17, 15) is 0 Å². The van der Waals surface area contributed by atoms with Crippen LogP contribution >= 0.6 is 11.8 Å². The molecule has 0 fully saturated rings. The molecule has 0 spiro atoms. The first-order valence-corrected chi connectivity index (χ1v) is 10.1. The Hall–Kier alpha value is -2.77. The van der Waals surface area contributed by atoms with E-state index in [2.05, 4.69) is 91.5 Å². The molecular weight excluding hydrogens is 344 g/mol. The Bertz CT molecular complexity index is 1020. The van der Waals surface area contributed by atoms with E-state index < -0.39 is 0 Å². The van der Waals surface area contributed by atoms with Gasteiger partial charge >= 0.3 is 0 Å². The van der Waals surface area contributed by atoms with Gasteiger partial charge in [-0.15, -0.1) is 0 Å². The molecule has 0 amide bonds. The molecule has 27 heavy (non-hydrogen) atoms. The zero-order chi connectivity index (χ0) is 18.5. The van der Waals surface area contributed by atoms with Crippen molar-refractivity contribution >= 4 is 11.8 Å². The van der Waals surface area contributed by atoms with Crippen molar-refractivity contribution in [2.75, 3.05) is 0 Å². The Labute approximate surface area is 166 Å². The second-order valence-corrected chi connectivity index (χ2v) is 7.80. The first-order valence-electron chi connectivity index (χ1n) is 9.25. The number of hydrogen-bond donors (Lipinski definition) is 0. The third-order valence-electron chi connectivity index (χ3n) is 4.81. The summed E-state index contributed by atoms with van der Waals surface area (Å²) in [6, 6.07) is 26.4. The summed E-state index contributed by atoms with van der Waals surface area (Å²) < 4.78 is 0. The number of allylic oxidation sites excluding steroid dienone is 5. The van der Waals surface area contributed by atoms with E-state index in [1.165, 1.54) is 37.6 Å². The molecule has 0 saturated heterocycles. The van der Waals surface area contributed by atoms with Crippen molar-refractivity contribution in [2.24, 2.45) is 0 Å². The van der Waals surface area contributed by atoms with Gasteiger partial charge in [0.15, 0.2) is 0 Å². The second-order valence-electron chi connectivity index (χ2n) is 6.63. The maximum atomic E-state index is 3.78. The molecule has 1 aliphatic rings. The Morgan fingerprint density at radius 1 is 0.667 bits per heavy atom. The summed E-state index contributed by atoms with van der Waals surface area (Å²) in [5.41, 5.74) is 6.82. The van der Waals surface area contributed by atoms with Gasteiger partial charge in [-0.25, -0.2) is 0 Å². The summed E-state index contributed by atoms with van der Waals surface area (Å²) >= 11 is 1.88. The van der Waals surface area contributed by atoms with Crippen molar-refractivity contribution in [1.29, 1.82) is 0 Å². The third-order valence-corrected chi connectivity index (χ3v) is 5.97. The van der Waals surface area contributed by atoms with Crippen LogP contribution in [0.4, 0.5) is 0 Å². The number of benzene rings is 3. The standard InChI is InChI=1S/C26H22S/c1-2-3-4-14-23-19-21-12-6-9-16-25(21)24-15-8-5-11-20(24)18-22-13-7-10-17-26(22)27-23/h2-17H,1,18-19H2/b4-3-,23-14+. The van der Waals surface area contributed by atoms with Crippen molar-refractivity contribution in [3.63, 3.8) is 0 Å². The third kappa shape index (κ3) is 3.99. The van der Waals surface area contributed by atoms with Crippen LogP contribution in [0.1, 0.15) is 16.7 Å². The summed E-state index contributed by atoms with van der Waals surface area (Å²) in [5, 5.41) is 0. The van der Waals surface area contributed by atoms with Crippen LogP contribution in [-0.4, -0.2) is 0 Å². The van der Waals surface area contributed by atoms with Gasteiger partial charge in [0.2, 0.25) is 0 Å². The molecule has 1 aliphatic heterocycles. The average Bonchev–Trinajstić information content (AvgIpc) is 2.70. The van der Waals surface area contributed by atoms with Crippen molar-refractivity contribution < 1.29 is 0 Å². The molecule has 0 radical (unpaired) electrons. The van der Waals surface area contributed by atoms with Crippen LogP contribution in [-0.2, 0) is 12.8 Å². The number of hydrogen-bond acceptors (Lipinski definition) is 1. The van der Waals surface area contributed by atoms with E-state index in [4.69, 9.17) is 0 Å². The molecule has 0 atom stereocenters. The lowest BCUT2D eigenvalue weighted by molar-refractivity contribution is 1.12. The number of thioether (sulfide) groups is 1. The lowest BCUT2D eigenvalue weighted by Gasteiger charge is -2.19. The highest BCUT2D eigenvalue weighted by Gasteiger charge is 2.15. The predicted molar refractivity (Wildman–Crippen MR) is 118 cm³/mol. The maximum Gasteiger partial charge on any atom is 0.0154 e. The van der Waals surface area contributed by atoms with Gasteiger partial charge in [0.1, 0.15) is 0 Å². The topological polar surface area (TPSA) is 0 Å². The van der Waals surface area contributed by atoms with Crippen molar-refractivity contribution in [3.05, 3.63) is 125 Å². The van der Waals surface area contributed by atoms with Gasteiger partial charge in [-0.05, 0) is 45.2 Å². The molecule has 3 aromatic rings. The largest absolute Gasteiger partial charge is 0.0991 e. The molecule has 0 saturated carbocycles. The summed E-state index contributed by atoms with van der Waals surface area (Å²) in [4.78, 5) is 2.68. The molecule has 0 aromatic heterocycles. The zero-order valence-electron chi connectivity index (χ0n) is 15.3. The fourth-order valence-corrected chi connectivity index (χ4v) is 4.60. The van der Waals surface area contributed by atoms with Crippen molar-refractivity contribution in [2.45, 2.75) is 17.7 Å². The molecule has 0 unspecified atom stereocenters. The van der Waals surface area contributed by atoms with Crippen LogP contribution in [0.3, 0.4) is 0 Å². The molecular formula is C26H22S. The average molecular weight is 367 g/mol. The molecule has 1 heterocycles. The van der Waals surface area contributed by atoms with E-state index in [0.717, 1.165) is 12.8 Å². The number of fused-ring (bicyclic) bond motifs is 4. The van der Waals surface area contributed by atoms with E-state index in [1.807, 2.05) is 23.9 Å². The minimum Gasteiger partial charge on any atom is -0.0991 e. The molecule has 1 heteroatoms. The van der Waals surface area contributed by atoms with E-state index in [0.29, 0.717) is 0 Å². The Morgan fingerprint density at radius 3 is 1.96 bits per heavy atom. The van der Waals surface area contributed by atoms with Crippen LogP contribution in [0.2, 0.25) is 0 Å². The maximum absolute atomic E-state index is 3.78. The van der Waals surface area contributed by atoms with Gasteiger partial charge in [-0.2, -0.15) is 0 Å². The minimum atomic E-state index is 0.922. The van der Waals surface area contributed by atoms with Crippen LogP contribution < -0.4 is 0 Å². The van der Waals surface area contributed by atoms with Crippen LogP contribution in [0.25, 0.3) is 11.1 Å². The number of rotatable bonds is 2. The minimum absolute atomic E-state index is 0.922. The summed E-state index contributed by atoms with van der Waals surface area (Å²) in [6.07, 6.45) is 9.97. The molecule has 0 aliphatic carbocycles.